The van der Waals surface area contributed by atoms with Crippen molar-refractivity contribution in [2.24, 2.45) is 0 Å². The van der Waals surface area contributed by atoms with E-state index in [1.54, 1.807) is 6.07 Å². The van der Waals surface area contributed by atoms with Crippen molar-refractivity contribution in [3.8, 4) is 0 Å². The standard InChI is InChI=1S/C11H12N4O3S2/c12-8-7-1-2-13-14-10(7)19-9(8)11(16)15-3-5-20(17,18)6-4-15/h1-2H,3-6,12H2. The quantitative estimate of drug-likeness (QED) is 0.803. The Morgan fingerprint density at radius 1 is 1.35 bits per heavy atom. The Kier molecular flexibility index (Phi) is 3.09. The number of aromatic nitrogens is 2. The van der Waals surface area contributed by atoms with Crippen LogP contribution in [-0.4, -0.2) is 54.0 Å². The topological polar surface area (TPSA) is 106 Å². The normalized spacial score (nSPS) is 18.3. The zero-order valence-corrected chi connectivity index (χ0v) is 12.1. The first-order chi connectivity index (χ1) is 9.48. The molecule has 0 bridgehead atoms. The minimum Gasteiger partial charge on any atom is -0.397 e. The second-order valence-corrected chi connectivity index (χ2v) is 7.84. The molecule has 0 aromatic carbocycles. The van der Waals surface area contributed by atoms with Crippen LogP contribution in [0, 0.1) is 0 Å². The van der Waals surface area contributed by atoms with E-state index in [9.17, 15) is 13.2 Å². The molecule has 2 aromatic rings. The van der Waals surface area contributed by atoms with Crippen molar-refractivity contribution in [1.82, 2.24) is 15.1 Å². The molecule has 3 rings (SSSR count). The lowest BCUT2D eigenvalue weighted by molar-refractivity contribution is 0.0776. The Hall–Kier alpha value is -1.74. The zero-order valence-electron chi connectivity index (χ0n) is 10.4. The minimum absolute atomic E-state index is 0.00332. The molecule has 0 aliphatic carbocycles. The first kappa shape index (κ1) is 13.3. The number of rotatable bonds is 1. The summed E-state index contributed by atoms with van der Waals surface area (Å²) in [4.78, 5) is 14.9. The maximum Gasteiger partial charge on any atom is 0.266 e. The largest absolute Gasteiger partial charge is 0.397 e. The third-order valence-electron chi connectivity index (χ3n) is 3.25. The number of carbonyl (C=O) groups is 1. The van der Waals surface area contributed by atoms with Crippen molar-refractivity contribution >= 4 is 43.0 Å². The summed E-state index contributed by atoms with van der Waals surface area (Å²) in [5, 5.41) is 8.40. The summed E-state index contributed by atoms with van der Waals surface area (Å²) < 4.78 is 22.8. The average Bonchev–Trinajstić information content (AvgIpc) is 2.76. The third kappa shape index (κ3) is 2.22. The van der Waals surface area contributed by atoms with Crippen LogP contribution in [0.1, 0.15) is 9.67 Å². The van der Waals surface area contributed by atoms with E-state index in [0.717, 1.165) is 0 Å². The van der Waals surface area contributed by atoms with E-state index < -0.39 is 9.84 Å². The second-order valence-electron chi connectivity index (χ2n) is 4.54. The van der Waals surface area contributed by atoms with Crippen molar-refractivity contribution in [3.63, 3.8) is 0 Å². The van der Waals surface area contributed by atoms with Crippen LogP contribution in [0.25, 0.3) is 10.2 Å². The highest BCUT2D eigenvalue weighted by molar-refractivity contribution is 7.91. The van der Waals surface area contributed by atoms with Crippen LogP contribution < -0.4 is 5.73 Å². The smallest absolute Gasteiger partial charge is 0.266 e. The molecule has 2 N–H and O–H groups in total. The van der Waals surface area contributed by atoms with Gasteiger partial charge in [-0.05, 0) is 6.07 Å². The van der Waals surface area contributed by atoms with E-state index in [2.05, 4.69) is 10.2 Å². The van der Waals surface area contributed by atoms with Crippen LogP contribution in [0.15, 0.2) is 12.3 Å². The molecule has 7 nitrogen and oxygen atoms in total. The maximum absolute atomic E-state index is 12.4. The molecule has 0 spiro atoms. The predicted molar refractivity (Wildman–Crippen MR) is 76.4 cm³/mol. The van der Waals surface area contributed by atoms with Gasteiger partial charge in [0.2, 0.25) is 0 Å². The monoisotopic (exact) mass is 312 g/mol. The van der Waals surface area contributed by atoms with Crippen LogP contribution in [0.2, 0.25) is 0 Å². The van der Waals surface area contributed by atoms with Gasteiger partial charge in [0.1, 0.15) is 9.71 Å². The fourth-order valence-electron chi connectivity index (χ4n) is 2.09. The van der Waals surface area contributed by atoms with Gasteiger partial charge in [0, 0.05) is 18.5 Å². The van der Waals surface area contributed by atoms with Crippen LogP contribution >= 0.6 is 11.3 Å². The number of hydrogen-bond donors (Lipinski definition) is 1. The number of amides is 1. The summed E-state index contributed by atoms with van der Waals surface area (Å²) in [6.45, 7) is 0.418. The fourth-order valence-corrected chi connectivity index (χ4v) is 4.30. The molecule has 2 aromatic heterocycles. The van der Waals surface area contributed by atoms with Crippen molar-refractivity contribution in [2.45, 2.75) is 0 Å². The van der Waals surface area contributed by atoms with Gasteiger partial charge < -0.3 is 10.6 Å². The van der Waals surface area contributed by atoms with Gasteiger partial charge in [-0.2, -0.15) is 5.10 Å². The minimum atomic E-state index is -3.01. The van der Waals surface area contributed by atoms with Crippen molar-refractivity contribution in [2.75, 3.05) is 30.3 Å². The molecule has 1 amide bonds. The Balaban J connectivity index is 1.91. The molecule has 3 heterocycles. The Labute approximate surface area is 119 Å². The summed E-state index contributed by atoms with van der Waals surface area (Å²) >= 11 is 1.19. The van der Waals surface area contributed by atoms with Crippen molar-refractivity contribution < 1.29 is 13.2 Å². The van der Waals surface area contributed by atoms with E-state index in [-0.39, 0.29) is 30.5 Å². The molecule has 20 heavy (non-hydrogen) atoms. The number of nitrogens with two attached hydrogens (primary N) is 1. The average molecular weight is 312 g/mol. The van der Waals surface area contributed by atoms with E-state index in [0.29, 0.717) is 20.8 Å². The van der Waals surface area contributed by atoms with Gasteiger partial charge in [0.25, 0.3) is 5.91 Å². The second kappa shape index (κ2) is 4.67. The molecule has 0 unspecified atom stereocenters. The van der Waals surface area contributed by atoms with Gasteiger partial charge in [0.05, 0.1) is 23.4 Å². The number of nitrogens with zero attached hydrogens (tertiary/aromatic N) is 3. The summed E-state index contributed by atoms with van der Waals surface area (Å²) in [6, 6.07) is 1.71. The Morgan fingerprint density at radius 2 is 2.05 bits per heavy atom. The van der Waals surface area contributed by atoms with E-state index in [4.69, 9.17) is 5.73 Å². The van der Waals surface area contributed by atoms with E-state index >= 15 is 0 Å². The molecule has 1 fully saturated rings. The summed E-state index contributed by atoms with van der Waals surface area (Å²) in [7, 11) is -3.01. The Bertz CT molecular complexity index is 770. The summed E-state index contributed by atoms with van der Waals surface area (Å²) in [5.74, 6) is -0.229. The fraction of sp³-hybridized carbons (Fsp3) is 0.364. The lowest BCUT2D eigenvalue weighted by Gasteiger charge is -2.26. The molecule has 1 aliphatic heterocycles. The van der Waals surface area contributed by atoms with Crippen LogP contribution in [0.4, 0.5) is 5.69 Å². The number of anilines is 1. The highest BCUT2D eigenvalue weighted by Crippen LogP contribution is 2.32. The maximum atomic E-state index is 12.4. The first-order valence-electron chi connectivity index (χ1n) is 5.97. The van der Waals surface area contributed by atoms with Gasteiger partial charge in [-0.25, -0.2) is 8.42 Å². The van der Waals surface area contributed by atoms with Crippen molar-refractivity contribution in [1.29, 1.82) is 0 Å². The number of nitrogen functional groups attached to an aromatic ring is 1. The predicted octanol–water partition coefficient (Wildman–Crippen LogP) is 0.144. The van der Waals surface area contributed by atoms with Gasteiger partial charge in [-0.15, -0.1) is 16.4 Å². The number of fused-ring (bicyclic) bond motifs is 1. The van der Waals surface area contributed by atoms with E-state index in [1.165, 1.54) is 22.4 Å². The summed E-state index contributed by atoms with van der Waals surface area (Å²) in [5.41, 5.74) is 6.36. The van der Waals surface area contributed by atoms with Crippen molar-refractivity contribution in [3.05, 3.63) is 17.1 Å². The van der Waals surface area contributed by atoms with Crippen LogP contribution in [-0.2, 0) is 9.84 Å². The molecule has 1 aliphatic rings. The van der Waals surface area contributed by atoms with E-state index in [1.807, 2.05) is 0 Å². The number of carbonyl (C=O) groups excluding carboxylic acids is 1. The molecule has 9 heteroatoms. The van der Waals surface area contributed by atoms with Gasteiger partial charge >= 0.3 is 0 Å². The molecule has 106 valence electrons. The summed E-state index contributed by atoms with van der Waals surface area (Å²) in [6.07, 6.45) is 1.52. The molecular weight excluding hydrogens is 300 g/mol. The molecule has 0 saturated carbocycles. The lowest BCUT2D eigenvalue weighted by atomic mass is 10.2. The Morgan fingerprint density at radius 3 is 2.70 bits per heavy atom. The SMILES string of the molecule is Nc1c(C(=O)N2CCS(=O)(=O)CC2)sc2nnccc12. The van der Waals surface area contributed by atoms with Crippen LogP contribution in [0.3, 0.4) is 0 Å². The highest BCUT2D eigenvalue weighted by Gasteiger charge is 2.28. The van der Waals surface area contributed by atoms with Gasteiger partial charge in [0.15, 0.2) is 9.84 Å². The molecular formula is C11H12N4O3S2. The zero-order chi connectivity index (χ0) is 14.3. The molecule has 1 saturated heterocycles. The number of thiophene rings is 1. The number of sulfone groups is 1. The number of hydrogen-bond acceptors (Lipinski definition) is 7. The van der Waals surface area contributed by atoms with Gasteiger partial charge in [-0.3, -0.25) is 4.79 Å². The molecule has 0 atom stereocenters. The highest BCUT2D eigenvalue weighted by atomic mass is 32.2. The van der Waals surface area contributed by atoms with Crippen LogP contribution in [0.5, 0.6) is 0 Å². The third-order valence-corrected chi connectivity index (χ3v) is 5.95. The molecule has 0 radical (unpaired) electrons. The van der Waals surface area contributed by atoms with Gasteiger partial charge in [-0.1, -0.05) is 0 Å². The lowest BCUT2D eigenvalue weighted by Crippen LogP contribution is -2.43. The first-order valence-corrected chi connectivity index (χ1v) is 8.61.